The summed E-state index contributed by atoms with van der Waals surface area (Å²) >= 11 is 5.05. The van der Waals surface area contributed by atoms with Gasteiger partial charge in [0.15, 0.2) is 32.5 Å². The Kier molecular flexibility index (Phi) is 5.87. The second-order valence-electron chi connectivity index (χ2n) is 3.24. The summed E-state index contributed by atoms with van der Waals surface area (Å²) in [6.45, 7) is 0. The summed E-state index contributed by atoms with van der Waals surface area (Å²) in [4.78, 5) is 22.5. The molecule has 0 aromatic heterocycles. The molecule has 96 valence electrons. The summed E-state index contributed by atoms with van der Waals surface area (Å²) < 4.78 is 8.63. The van der Waals surface area contributed by atoms with Gasteiger partial charge in [-0.15, -0.1) is 0 Å². The molecular formula is C11H8Br2O5. The number of benzene rings is 1. The highest BCUT2D eigenvalue weighted by Gasteiger charge is 2.15. The number of halogens is 2. The predicted octanol–water partition coefficient (Wildman–Crippen LogP) is 2.57. The van der Waals surface area contributed by atoms with Crippen LogP contribution in [0.2, 0.25) is 0 Å². The molecule has 0 radical (unpaired) electrons. The van der Waals surface area contributed by atoms with Crippen molar-refractivity contribution in [1.82, 2.24) is 0 Å². The Morgan fingerprint density at radius 1 is 1.22 bits per heavy atom. The van der Waals surface area contributed by atoms with Crippen molar-refractivity contribution in [2.45, 2.75) is 6.42 Å². The van der Waals surface area contributed by atoms with E-state index < -0.39 is 11.9 Å². The fraction of sp³-hybridized carbons (Fsp3) is 0.0909. The Morgan fingerprint density at radius 3 is 2.44 bits per heavy atom. The third-order valence-corrected chi connectivity index (χ3v) is 2.69. The van der Waals surface area contributed by atoms with E-state index >= 15 is 0 Å². The minimum Gasteiger partial charge on any atom is -0.508 e. The van der Waals surface area contributed by atoms with Gasteiger partial charge in [0.25, 0.3) is 0 Å². The lowest BCUT2D eigenvalue weighted by Gasteiger charge is -2.05. The number of carbonyl (C=O) groups excluding carboxylic acids is 2. The predicted molar refractivity (Wildman–Crippen MR) is 69.9 cm³/mol. The number of phenolic OH excluding ortho intramolecular Hbond substituents is 1. The molecule has 0 amide bonds. The van der Waals surface area contributed by atoms with E-state index in [1.54, 1.807) is 18.2 Å². The first-order chi connectivity index (χ1) is 8.58. The van der Waals surface area contributed by atoms with Crippen molar-refractivity contribution >= 4 is 44.5 Å². The first-order valence-corrected chi connectivity index (χ1v) is 6.01. The fourth-order valence-electron chi connectivity index (χ4n) is 1.26. The van der Waals surface area contributed by atoms with Crippen LogP contribution in [0.5, 0.6) is 5.75 Å². The molecular weight excluding hydrogens is 372 g/mol. The summed E-state index contributed by atoms with van der Waals surface area (Å²) in [6.07, 6.45) is 1.02. The maximum atomic E-state index is 11.4. The summed E-state index contributed by atoms with van der Waals surface area (Å²) in [5.74, 6) is -1.47. The smallest absolute Gasteiger partial charge is 0.346 e. The van der Waals surface area contributed by atoms with E-state index in [1.165, 1.54) is 6.07 Å². The van der Waals surface area contributed by atoms with Gasteiger partial charge in [0.1, 0.15) is 5.75 Å². The zero-order valence-electron chi connectivity index (χ0n) is 8.93. The molecule has 1 rings (SSSR count). The van der Waals surface area contributed by atoms with Crippen LogP contribution in [0.3, 0.4) is 0 Å². The highest BCUT2D eigenvalue weighted by atomic mass is 79.9. The van der Waals surface area contributed by atoms with E-state index in [0.29, 0.717) is 5.56 Å². The number of phenols is 1. The third-order valence-electron chi connectivity index (χ3n) is 2.07. The lowest BCUT2D eigenvalue weighted by atomic mass is 10.0. The Hall–Kier alpha value is -1.34. The molecule has 1 aromatic rings. The first kappa shape index (κ1) is 14.7. The van der Waals surface area contributed by atoms with Gasteiger partial charge >= 0.3 is 11.9 Å². The number of aromatic hydroxyl groups is 1. The van der Waals surface area contributed by atoms with Crippen molar-refractivity contribution < 1.29 is 22.4 Å². The summed E-state index contributed by atoms with van der Waals surface area (Å²) in [6, 6.07) is 6.46. The number of hydrogen-bond donors (Lipinski definition) is 1. The average Bonchev–Trinajstić information content (AvgIpc) is 2.39. The molecule has 5 nitrogen and oxygen atoms in total. The topological polar surface area (TPSA) is 72.8 Å². The van der Waals surface area contributed by atoms with Crippen LogP contribution >= 0.6 is 32.5 Å². The van der Waals surface area contributed by atoms with E-state index in [0.717, 1.165) is 6.08 Å². The highest BCUT2D eigenvalue weighted by molar-refractivity contribution is 9.06. The normalized spacial score (nSPS) is 10.9. The van der Waals surface area contributed by atoms with Crippen molar-refractivity contribution in [2.75, 3.05) is 0 Å². The van der Waals surface area contributed by atoms with Crippen LogP contribution in [0.4, 0.5) is 0 Å². The minimum atomic E-state index is -0.752. The van der Waals surface area contributed by atoms with E-state index in [9.17, 15) is 14.7 Å². The van der Waals surface area contributed by atoms with Crippen LogP contribution in [0.15, 0.2) is 35.9 Å². The van der Waals surface area contributed by atoms with Gasteiger partial charge in [0.2, 0.25) is 0 Å². The lowest BCUT2D eigenvalue weighted by molar-refractivity contribution is -0.130. The summed E-state index contributed by atoms with van der Waals surface area (Å²) in [7, 11) is 0. The molecule has 0 heterocycles. The van der Waals surface area contributed by atoms with Crippen LogP contribution in [-0.2, 0) is 23.7 Å². The molecule has 18 heavy (non-hydrogen) atoms. The zero-order chi connectivity index (χ0) is 13.5. The van der Waals surface area contributed by atoms with Gasteiger partial charge in [-0.2, -0.15) is 0 Å². The summed E-state index contributed by atoms with van der Waals surface area (Å²) in [5, 5.41) is 9.59. The fourth-order valence-corrected chi connectivity index (χ4v) is 1.56. The molecule has 0 unspecified atom stereocenters. The van der Waals surface area contributed by atoms with Crippen molar-refractivity contribution in [2.24, 2.45) is 0 Å². The maximum Gasteiger partial charge on any atom is 0.346 e. The van der Waals surface area contributed by atoms with Crippen molar-refractivity contribution in [3.05, 3.63) is 41.5 Å². The van der Waals surface area contributed by atoms with Crippen molar-refractivity contribution in [3.8, 4) is 5.75 Å². The van der Waals surface area contributed by atoms with Crippen LogP contribution in [0.1, 0.15) is 5.56 Å². The standard InChI is InChI=1S/C11H8Br2O5/c12-17-10(15)6-8(11(16)18-13)5-7-3-1-2-4-9(7)14/h1-4,6,14H,5H2/b8-6+. The van der Waals surface area contributed by atoms with Gasteiger partial charge in [-0.25, -0.2) is 9.59 Å². The van der Waals surface area contributed by atoms with E-state index in [-0.39, 0.29) is 17.7 Å². The molecule has 0 saturated heterocycles. The van der Waals surface area contributed by atoms with Gasteiger partial charge in [-0.3, -0.25) is 0 Å². The maximum absolute atomic E-state index is 11.4. The molecule has 1 aromatic carbocycles. The molecule has 0 atom stereocenters. The molecule has 7 heteroatoms. The Bertz CT molecular complexity index is 484. The van der Waals surface area contributed by atoms with Gasteiger partial charge < -0.3 is 12.8 Å². The van der Waals surface area contributed by atoms with Gasteiger partial charge in [-0.1, -0.05) is 18.2 Å². The largest absolute Gasteiger partial charge is 0.508 e. The van der Waals surface area contributed by atoms with E-state index in [4.69, 9.17) is 0 Å². The highest BCUT2D eigenvalue weighted by Crippen LogP contribution is 2.20. The summed E-state index contributed by atoms with van der Waals surface area (Å²) in [5.41, 5.74) is 0.529. The number of rotatable bonds is 4. The second-order valence-corrected chi connectivity index (χ2v) is 3.88. The zero-order valence-corrected chi connectivity index (χ0v) is 12.1. The first-order valence-electron chi connectivity index (χ1n) is 4.71. The molecule has 0 saturated carbocycles. The SMILES string of the molecule is O=C(/C=C(\Cc1ccccc1O)C(=O)OBr)OBr. The minimum absolute atomic E-state index is 0.0259. The Morgan fingerprint density at radius 2 is 1.89 bits per heavy atom. The van der Waals surface area contributed by atoms with E-state index in [2.05, 4.69) is 40.2 Å². The van der Waals surface area contributed by atoms with Crippen LogP contribution < -0.4 is 0 Å². The second kappa shape index (κ2) is 7.17. The van der Waals surface area contributed by atoms with Gasteiger partial charge in [-0.05, 0) is 11.6 Å². The third kappa shape index (κ3) is 4.15. The molecule has 0 bridgehead atoms. The molecule has 0 aliphatic heterocycles. The van der Waals surface area contributed by atoms with Gasteiger partial charge in [0.05, 0.1) is 0 Å². The molecule has 0 aliphatic rings. The molecule has 0 fully saturated rings. The molecule has 0 aliphatic carbocycles. The Balaban J connectivity index is 3.00. The van der Waals surface area contributed by atoms with Crippen LogP contribution in [0, 0.1) is 0 Å². The quantitative estimate of drug-likeness (QED) is 0.814. The van der Waals surface area contributed by atoms with E-state index in [1.807, 2.05) is 0 Å². The average molecular weight is 380 g/mol. The van der Waals surface area contributed by atoms with Crippen molar-refractivity contribution in [1.29, 1.82) is 0 Å². The number of para-hydroxylation sites is 1. The van der Waals surface area contributed by atoms with Crippen molar-refractivity contribution in [3.63, 3.8) is 0 Å². The van der Waals surface area contributed by atoms with Gasteiger partial charge in [0, 0.05) is 18.1 Å². The number of carbonyl (C=O) groups is 2. The Labute approximate surface area is 120 Å². The lowest BCUT2D eigenvalue weighted by Crippen LogP contribution is -2.08. The monoisotopic (exact) mass is 378 g/mol. The molecule has 1 N–H and O–H groups in total. The van der Waals surface area contributed by atoms with Crippen LogP contribution in [-0.4, -0.2) is 17.0 Å². The number of hydrogen-bond acceptors (Lipinski definition) is 5. The molecule has 0 spiro atoms. The van der Waals surface area contributed by atoms with Crippen LogP contribution in [0.25, 0.3) is 0 Å².